The Kier molecular flexibility index (Phi) is 8.35. The Hall–Kier alpha value is -1.69. The van der Waals surface area contributed by atoms with Crippen molar-refractivity contribution in [2.24, 2.45) is 10.7 Å². The number of nitrogens with zero attached hydrogens (tertiary/aromatic N) is 2. The number of hydrogen-bond donors (Lipinski definition) is 3. The third-order valence-electron chi connectivity index (χ3n) is 3.05. The fourth-order valence-corrected chi connectivity index (χ4v) is 2.04. The summed E-state index contributed by atoms with van der Waals surface area (Å²) in [5.41, 5.74) is 8.03. The zero-order chi connectivity index (χ0) is 15.5. The molecule has 0 unspecified atom stereocenters. The molecular formula is C15H25N5S. The van der Waals surface area contributed by atoms with Crippen molar-refractivity contribution in [1.29, 1.82) is 0 Å². The van der Waals surface area contributed by atoms with E-state index >= 15 is 0 Å². The van der Waals surface area contributed by atoms with Gasteiger partial charge in [-0.15, -0.1) is 0 Å². The van der Waals surface area contributed by atoms with Crippen LogP contribution in [0.15, 0.2) is 23.3 Å². The van der Waals surface area contributed by atoms with Crippen molar-refractivity contribution in [3.05, 3.63) is 29.6 Å². The van der Waals surface area contributed by atoms with Crippen molar-refractivity contribution in [3.63, 3.8) is 0 Å². The third-order valence-corrected chi connectivity index (χ3v) is 3.30. The highest BCUT2D eigenvalue weighted by molar-refractivity contribution is 7.80. The van der Waals surface area contributed by atoms with Crippen molar-refractivity contribution in [3.8, 4) is 0 Å². The van der Waals surface area contributed by atoms with Gasteiger partial charge in [0.05, 0.1) is 0 Å². The van der Waals surface area contributed by atoms with Gasteiger partial charge in [-0.05, 0) is 37.2 Å². The van der Waals surface area contributed by atoms with Gasteiger partial charge in [0.25, 0.3) is 0 Å². The summed E-state index contributed by atoms with van der Waals surface area (Å²) in [5, 5.41) is 6.50. The molecule has 0 spiro atoms. The highest BCUT2D eigenvalue weighted by Gasteiger charge is 2.01. The van der Waals surface area contributed by atoms with Crippen molar-refractivity contribution in [2.45, 2.75) is 39.5 Å². The standard InChI is InChI=1S/C15H25N5S/c1-3-4-5-9-18-14(16)20-15(21)19-11-8-13-12(2)7-6-10-17-13/h6-7,10H,3-5,8-9,11H2,1-2H3,(H4,16,18,19,20,21). The number of nitrogens with two attached hydrogens (primary N) is 1. The van der Waals surface area contributed by atoms with Crippen LogP contribution in [0.5, 0.6) is 0 Å². The summed E-state index contributed by atoms with van der Waals surface area (Å²) in [4.78, 5) is 8.57. The van der Waals surface area contributed by atoms with Crippen molar-refractivity contribution in [2.75, 3.05) is 13.1 Å². The molecule has 0 fully saturated rings. The summed E-state index contributed by atoms with van der Waals surface area (Å²) in [5.74, 6) is 0.373. The number of rotatable bonds is 7. The minimum Gasteiger partial charge on any atom is -0.370 e. The highest BCUT2D eigenvalue weighted by Crippen LogP contribution is 2.02. The molecule has 0 bridgehead atoms. The van der Waals surface area contributed by atoms with Gasteiger partial charge in [-0.1, -0.05) is 25.8 Å². The molecule has 116 valence electrons. The van der Waals surface area contributed by atoms with E-state index in [0.29, 0.717) is 17.6 Å². The molecule has 1 rings (SSSR count). The third kappa shape index (κ3) is 7.60. The Morgan fingerprint density at radius 3 is 2.95 bits per heavy atom. The van der Waals surface area contributed by atoms with E-state index in [9.17, 15) is 0 Å². The molecule has 21 heavy (non-hydrogen) atoms. The number of aliphatic imine (C=N–C) groups is 1. The van der Waals surface area contributed by atoms with Gasteiger partial charge in [-0.25, -0.2) is 0 Å². The molecule has 0 aromatic carbocycles. The first kappa shape index (κ1) is 17.4. The zero-order valence-electron chi connectivity index (χ0n) is 12.9. The van der Waals surface area contributed by atoms with E-state index in [0.717, 1.165) is 25.1 Å². The fraction of sp³-hybridized carbons (Fsp3) is 0.533. The van der Waals surface area contributed by atoms with Crippen LogP contribution in [-0.4, -0.2) is 29.1 Å². The van der Waals surface area contributed by atoms with Crippen LogP contribution in [0.25, 0.3) is 0 Å². The first-order valence-electron chi connectivity index (χ1n) is 7.38. The smallest absolute Gasteiger partial charge is 0.194 e. The number of aryl methyl sites for hydroxylation is 1. The largest absolute Gasteiger partial charge is 0.370 e. The molecule has 5 nitrogen and oxygen atoms in total. The van der Waals surface area contributed by atoms with E-state index in [4.69, 9.17) is 18.0 Å². The Morgan fingerprint density at radius 1 is 1.43 bits per heavy atom. The van der Waals surface area contributed by atoms with Gasteiger partial charge >= 0.3 is 0 Å². The van der Waals surface area contributed by atoms with Gasteiger partial charge in [-0.2, -0.15) is 0 Å². The molecule has 4 N–H and O–H groups in total. The summed E-state index contributed by atoms with van der Waals surface area (Å²) < 4.78 is 0. The summed E-state index contributed by atoms with van der Waals surface area (Å²) in [7, 11) is 0. The summed E-state index contributed by atoms with van der Waals surface area (Å²) in [6.07, 6.45) is 6.03. The number of aromatic nitrogens is 1. The SMILES string of the molecule is CCCCCN=C(N)NC(=S)NCCc1ncccc1C. The number of hydrogen-bond acceptors (Lipinski definition) is 3. The highest BCUT2D eigenvalue weighted by atomic mass is 32.1. The maximum absolute atomic E-state index is 5.76. The molecule has 0 aliphatic carbocycles. The van der Waals surface area contributed by atoms with Crippen LogP contribution in [0.3, 0.4) is 0 Å². The minimum absolute atomic E-state index is 0.373. The quantitative estimate of drug-likeness (QED) is 0.310. The fourth-order valence-electron chi connectivity index (χ4n) is 1.84. The van der Waals surface area contributed by atoms with E-state index in [1.807, 2.05) is 6.07 Å². The average Bonchev–Trinajstić information content (AvgIpc) is 2.45. The molecule has 0 saturated heterocycles. The molecular weight excluding hydrogens is 282 g/mol. The molecule has 6 heteroatoms. The summed E-state index contributed by atoms with van der Waals surface area (Å²) in [6.45, 7) is 5.67. The monoisotopic (exact) mass is 307 g/mol. The molecule has 1 aromatic rings. The second-order valence-corrected chi connectivity index (χ2v) is 5.28. The van der Waals surface area contributed by atoms with Crippen LogP contribution in [-0.2, 0) is 6.42 Å². The second-order valence-electron chi connectivity index (χ2n) is 4.87. The molecule has 0 radical (unpaired) electrons. The van der Waals surface area contributed by atoms with Gasteiger partial charge in [0.2, 0.25) is 0 Å². The molecule has 1 heterocycles. The maximum Gasteiger partial charge on any atom is 0.194 e. The molecule has 0 aliphatic rings. The molecule has 0 saturated carbocycles. The lowest BCUT2D eigenvalue weighted by Gasteiger charge is -2.10. The average molecular weight is 307 g/mol. The summed E-state index contributed by atoms with van der Waals surface area (Å²) >= 11 is 5.18. The van der Waals surface area contributed by atoms with Crippen LogP contribution in [0, 0.1) is 6.92 Å². The van der Waals surface area contributed by atoms with Crippen LogP contribution < -0.4 is 16.4 Å². The van der Waals surface area contributed by atoms with E-state index in [-0.39, 0.29) is 0 Å². The number of unbranched alkanes of at least 4 members (excludes halogenated alkanes) is 2. The predicted octanol–water partition coefficient (Wildman–Crippen LogP) is 1.90. The number of pyridine rings is 1. The first-order valence-corrected chi connectivity index (χ1v) is 7.79. The second kappa shape index (κ2) is 10.1. The van der Waals surface area contributed by atoms with Gasteiger partial charge in [0.15, 0.2) is 11.1 Å². The number of guanidine groups is 1. The van der Waals surface area contributed by atoms with Crippen LogP contribution in [0.2, 0.25) is 0 Å². The van der Waals surface area contributed by atoms with Crippen molar-refractivity contribution >= 4 is 23.3 Å². The van der Waals surface area contributed by atoms with Crippen LogP contribution in [0.1, 0.15) is 37.4 Å². The van der Waals surface area contributed by atoms with Crippen molar-refractivity contribution in [1.82, 2.24) is 15.6 Å². The van der Waals surface area contributed by atoms with Gasteiger partial charge in [0, 0.05) is 31.4 Å². The molecule has 1 aromatic heterocycles. The Bertz CT molecular complexity index is 473. The predicted molar refractivity (Wildman–Crippen MR) is 92.4 cm³/mol. The first-order chi connectivity index (χ1) is 10.1. The molecule has 0 aliphatic heterocycles. The van der Waals surface area contributed by atoms with E-state index in [2.05, 4.69) is 40.5 Å². The Labute approximate surface area is 132 Å². The molecule has 0 amide bonds. The topological polar surface area (TPSA) is 75.3 Å². The van der Waals surface area contributed by atoms with Crippen LogP contribution in [0.4, 0.5) is 0 Å². The van der Waals surface area contributed by atoms with Crippen molar-refractivity contribution < 1.29 is 0 Å². The lowest BCUT2D eigenvalue weighted by molar-refractivity contribution is 0.726. The normalized spacial score (nSPS) is 11.2. The van der Waals surface area contributed by atoms with Crippen LogP contribution >= 0.6 is 12.2 Å². The van der Waals surface area contributed by atoms with E-state index in [1.54, 1.807) is 6.20 Å². The lowest BCUT2D eigenvalue weighted by atomic mass is 10.2. The van der Waals surface area contributed by atoms with E-state index in [1.165, 1.54) is 18.4 Å². The maximum atomic E-state index is 5.76. The Morgan fingerprint density at radius 2 is 2.24 bits per heavy atom. The van der Waals surface area contributed by atoms with Gasteiger partial charge < -0.3 is 16.4 Å². The zero-order valence-corrected chi connectivity index (χ0v) is 13.7. The van der Waals surface area contributed by atoms with E-state index < -0.39 is 0 Å². The summed E-state index contributed by atoms with van der Waals surface area (Å²) in [6, 6.07) is 3.99. The number of nitrogens with one attached hydrogen (secondary N) is 2. The number of thiocarbonyl (C=S) groups is 1. The Balaban J connectivity index is 2.23. The molecule has 0 atom stereocenters. The van der Waals surface area contributed by atoms with Gasteiger partial charge in [0.1, 0.15) is 0 Å². The van der Waals surface area contributed by atoms with Gasteiger partial charge in [-0.3, -0.25) is 9.98 Å². The minimum atomic E-state index is 0.373. The lowest BCUT2D eigenvalue weighted by Crippen LogP contribution is -2.43.